The third-order valence-corrected chi connectivity index (χ3v) is 9.79. The van der Waals surface area contributed by atoms with Gasteiger partial charge >= 0.3 is 0 Å². The Hall–Kier alpha value is -4.86. The van der Waals surface area contributed by atoms with Crippen molar-refractivity contribution in [3.8, 4) is 11.8 Å². The van der Waals surface area contributed by atoms with E-state index in [-0.39, 0.29) is 55.5 Å². The molecular weight excluding hydrogens is 777 g/mol. The molecule has 5 aromatic rings. The number of amides is 1. The van der Waals surface area contributed by atoms with E-state index >= 15 is 0 Å². The topological polar surface area (TPSA) is 207 Å². The Balaban J connectivity index is 1.60. The lowest BCUT2D eigenvalue weighted by Crippen LogP contribution is -2.20. The zero-order valence-corrected chi connectivity index (χ0v) is 30.5. The standard InChI is InChI=1S/C33H26Cl3N7O7S2/c34-23-16-27(35)31(28(36)17-23)43-32(22(19-37)20-38-43)41-40-29-12-11-25(42(24-8-2-1-3-9-24)13-4-5-14-51(45,46)47)18-30(29)39-33(44)21-7-6-10-26(15-21)52(48,49)50/h1-3,6-12,15-18,20H,4-5,13-14H2,(H,39,44)(H,45,46,47)(H,48,49,50). The summed E-state index contributed by atoms with van der Waals surface area (Å²) in [6.45, 7) is 0.303. The van der Waals surface area contributed by atoms with E-state index in [1.807, 2.05) is 41.3 Å². The van der Waals surface area contributed by atoms with Crippen molar-refractivity contribution in [3.05, 3.63) is 117 Å². The first kappa shape index (κ1) is 38.4. The van der Waals surface area contributed by atoms with Gasteiger partial charge in [0.05, 0.1) is 32.6 Å². The second-order valence-electron chi connectivity index (χ2n) is 11.0. The molecule has 0 spiro atoms. The van der Waals surface area contributed by atoms with Gasteiger partial charge < -0.3 is 10.2 Å². The molecule has 0 aliphatic rings. The minimum absolute atomic E-state index is 0.00946. The Morgan fingerprint density at radius 1 is 0.885 bits per heavy atom. The van der Waals surface area contributed by atoms with Crippen LogP contribution in [0, 0.1) is 11.3 Å². The summed E-state index contributed by atoms with van der Waals surface area (Å²) in [6, 6.07) is 23.5. The Morgan fingerprint density at radius 3 is 2.25 bits per heavy atom. The molecule has 0 aliphatic carbocycles. The molecule has 3 N–H and O–H groups in total. The molecule has 0 saturated carbocycles. The number of carbonyl (C=O) groups is 1. The number of halogens is 3. The van der Waals surface area contributed by atoms with Crippen LogP contribution in [-0.4, -0.2) is 53.9 Å². The van der Waals surface area contributed by atoms with Crippen molar-refractivity contribution in [1.82, 2.24) is 9.78 Å². The van der Waals surface area contributed by atoms with Crippen molar-refractivity contribution >= 4 is 89.5 Å². The molecule has 0 unspecified atom stereocenters. The number of carbonyl (C=O) groups excluding carboxylic acids is 1. The Labute approximate surface area is 313 Å². The molecule has 1 amide bonds. The average Bonchev–Trinajstić information content (AvgIpc) is 3.49. The Bertz CT molecular complexity index is 2410. The number of unbranched alkanes of at least 4 members (excludes halogenated alkanes) is 1. The quantitative estimate of drug-likeness (QED) is 0.0588. The fourth-order valence-corrected chi connectivity index (χ4v) is 7.03. The van der Waals surface area contributed by atoms with Gasteiger partial charge in [0.25, 0.3) is 26.1 Å². The van der Waals surface area contributed by atoms with Crippen LogP contribution in [0.3, 0.4) is 0 Å². The number of anilines is 3. The summed E-state index contributed by atoms with van der Waals surface area (Å²) < 4.78 is 66.1. The normalized spacial score (nSPS) is 11.8. The molecule has 0 bridgehead atoms. The number of para-hydroxylation sites is 1. The van der Waals surface area contributed by atoms with E-state index in [0.717, 1.165) is 17.8 Å². The summed E-state index contributed by atoms with van der Waals surface area (Å²) in [5.41, 5.74) is 1.52. The van der Waals surface area contributed by atoms with Crippen molar-refractivity contribution in [2.45, 2.75) is 17.7 Å². The van der Waals surface area contributed by atoms with Crippen molar-refractivity contribution < 1.29 is 30.7 Å². The highest BCUT2D eigenvalue weighted by Gasteiger charge is 2.20. The smallest absolute Gasteiger partial charge is 0.294 e. The summed E-state index contributed by atoms with van der Waals surface area (Å²) >= 11 is 18.9. The zero-order chi connectivity index (χ0) is 37.6. The summed E-state index contributed by atoms with van der Waals surface area (Å²) in [4.78, 5) is 14.9. The van der Waals surface area contributed by atoms with E-state index in [1.165, 1.54) is 41.2 Å². The highest BCUT2D eigenvalue weighted by Crippen LogP contribution is 2.38. The SMILES string of the molecule is N#Cc1cnn(-c2c(Cl)cc(Cl)cc2Cl)c1N=Nc1ccc(N(CCCCS(=O)(=O)O)c2ccccc2)cc1NC(=O)c1cccc(S(=O)(=O)O)c1. The summed E-state index contributed by atoms with van der Waals surface area (Å²) in [5, 5.41) is 25.9. The van der Waals surface area contributed by atoms with Crippen LogP contribution >= 0.6 is 34.8 Å². The van der Waals surface area contributed by atoms with Gasteiger partial charge in [0, 0.05) is 28.5 Å². The molecule has 0 atom stereocenters. The number of hydrogen-bond acceptors (Lipinski definition) is 10. The van der Waals surface area contributed by atoms with Crippen LogP contribution in [0.4, 0.5) is 28.6 Å². The molecule has 0 saturated heterocycles. The number of nitrogens with zero attached hydrogens (tertiary/aromatic N) is 6. The minimum atomic E-state index is -4.62. The van der Waals surface area contributed by atoms with E-state index in [9.17, 15) is 36.0 Å². The van der Waals surface area contributed by atoms with Gasteiger partial charge in [-0.3, -0.25) is 13.9 Å². The van der Waals surface area contributed by atoms with E-state index in [1.54, 1.807) is 12.1 Å². The number of rotatable bonds is 13. The second-order valence-corrected chi connectivity index (χ2v) is 15.2. The van der Waals surface area contributed by atoms with E-state index in [2.05, 4.69) is 20.6 Å². The van der Waals surface area contributed by atoms with Crippen LogP contribution < -0.4 is 10.2 Å². The van der Waals surface area contributed by atoms with Gasteiger partial charge in [-0.1, -0.05) is 59.1 Å². The van der Waals surface area contributed by atoms with Crippen LogP contribution in [0.2, 0.25) is 15.1 Å². The summed E-state index contributed by atoms with van der Waals surface area (Å²) in [6.07, 6.45) is 1.76. The highest BCUT2D eigenvalue weighted by molar-refractivity contribution is 7.86. The zero-order valence-electron chi connectivity index (χ0n) is 26.6. The summed E-state index contributed by atoms with van der Waals surface area (Å²) in [7, 11) is -8.78. The van der Waals surface area contributed by atoms with E-state index < -0.39 is 36.8 Å². The van der Waals surface area contributed by atoms with Gasteiger partial charge in [-0.2, -0.15) is 27.2 Å². The van der Waals surface area contributed by atoms with Crippen LogP contribution in [0.1, 0.15) is 28.8 Å². The number of hydrogen-bond donors (Lipinski definition) is 3. The molecule has 4 aromatic carbocycles. The van der Waals surface area contributed by atoms with Crippen LogP contribution in [0.15, 0.2) is 106 Å². The van der Waals surface area contributed by atoms with Gasteiger partial charge in [0.15, 0.2) is 5.82 Å². The van der Waals surface area contributed by atoms with Gasteiger partial charge in [-0.05, 0) is 73.5 Å². The number of nitriles is 1. The third-order valence-electron chi connectivity index (χ3n) is 7.35. The summed E-state index contributed by atoms with van der Waals surface area (Å²) in [5.74, 6) is -1.24. The van der Waals surface area contributed by atoms with Gasteiger partial charge in [-0.25, -0.2) is 4.68 Å². The van der Waals surface area contributed by atoms with Gasteiger partial charge in [0.2, 0.25) is 0 Å². The van der Waals surface area contributed by atoms with Crippen LogP contribution in [0.5, 0.6) is 0 Å². The molecule has 1 heterocycles. The third kappa shape index (κ3) is 9.52. The number of aromatic nitrogens is 2. The predicted octanol–water partition coefficient (Wildman–Crippen LogP) is 8.42. The van der Waals surface area contributed by atoms with Crippen LogP contribution in [0.25, 0.3) is 5.69 Å². The van der Waals surface area contributed by atoms with E-state index in [0.29, 0.717) is 18.7 Å². The molecule has 0 radical (unpaired) electrons. The maximum atomic E-state index is 13.5. The van der Waals surface area contributed by atoms with Crippen molar-refractivity contribution in [1.29, 1.82) is 5.26 Å². The highest BCUT2D eigenvalue weighted by atomic mass is 35.5. The van der Waals surface area contributed by atoms with Crippen molar-refractivity contribution in [3.63, 3.8) is 0 Å². The number of benzene rings is 4. The molecule has 0 fully saturated rings. The average molecular weight is 803 g/mol. The van der Waals surface area contributed by atoms with Gasteiger partial charge in [0.1, 0.15) is 23.0 Å². The van der Waals surface area contributed by atoms with E-state index in [4.69, 9.17) is 34.8 Å². The van der Waals surface area contributed by atoms with Crippen LogP contribution in [-0.2, 0) is 20.2 Å². The van der Waals surface area contributed by atoms with Crippen molar-refractivity contribution in [2.75, 3.05) is 22.5 Å². The predicted molar refractivity (Wildman–Crippen MR) is 197 cm³/mol. The van der Waals surface area contributed by atoms with Crippen molar-refractivity contribution in [2.24, 2.45) is 10.2 Å². The number of nitrogens with one attached hydrogen (secondary N) is 1. The lowest BCUT2D eigenvalue weighted by Gasteiger charge is -2.26. The lowest BCUT2D eigenvalue weighted by molar-refractivity contribution is 0.102. The maximum absolute atomic E-state index is 13.5. The molecular formula is C33H26Cl3N7O7S2. The molecule has 19 heteroatoms. The molecule has 52 heavy (non-hydrogen) atoms. The Kier molecular flexibility index (Phi) is 12.0. The van der Waals surface area contributed by atoms with Gasteiger partial charge in [-0.15, -0.1) is 10.2 Å². The number of azo groups is 1. The second kappa shape index (κ2) is 16.2. The first-order valence-electron chi connectivity index (χ1n) is 15.0. The Morgan fingerprint density at radius 2 is 1.60 bits per heavy atom. The maximum Gasteiger partial charge on any atom is 0.294 e. The molecule has 268 valence electrons. The first-order valence-corrected chi connectivity index (χ1v) is 19.2. The largest absolute Gasteiger partial charge is 0.341 e. The monoisotopic (exact) mass is 801 g/mol. The fraction of sp³-hybridized carbons (Fsp3) is 0.121. The lowest BCUT2D eigenvalue weighted by atomic mass is 10.1. The first-order chi connectivity index (χ1) is 24.6. The fourth-order valence-electron chi connectivity index (χ4n) is 4.96. The minimum Gasteiger partial charge on any atom is -0.341 e. The molecule has 1 aromatic heterocycles. The molecule has 5 rings (SSSR count). The molecule has 14 nitrogen and oxygen atoms in total. The molecule has 0 aliphatic heterocycles.